The number of carbonyl (C=O) groups is 2. The summed E-state index contributed by atoms with van der Waals surface area (Å²) >= 11 is 0. The van der Waals surface area contributed by atoms with E-state index in [9.17, 15) is 18.8 Å². The summed E-state index contributed by atoms with van der Waals surface area (Å²) in [5, 5.41) is 0. The molecule has 126 valence electrons. The number of hydrogen-bond donors (Lipinski definition) is 2. The number of nitrogens with zero attached hydrogens (tertiary/aromatic N) is 1. The van der Waals surface area contributed by atoms with E-state index in [1.54, 1.807) is 0 Å². The van der Waals surface area contributed by atoms with Gasteiger partial charge in [-0.25, -0.2) is 9.18 Å². The Balaban J connectivity index is 1.98. The van der Waals surface area contributed by atoms with Crippen molar-refractivity contribution in [3.63, 3.8) is 0 Å². The van der Waals surface area contributed by atoms with Crippen LogP contribution < -0.4 is 21.3 Å². The summed E-state index contributed by atoms with van der Waals surface area (Å²) in [5.41, 5.74) is 3.71. The molecule has 9 heteroatoms. The Hall–Kier alpha value is -3.20. The molecule has 24 heavy (non-hydrogen) atoms. The van der Waals surface area contributed by atoms with Crippen LogP contribution in [0.3, 0.4) is 0 Å². The maximum absolute atomic E-state index is 12.8. The maximum Gasteiger partial charge on any atom is 0.375 e. The number of nitrogens with one attached hydrogen (secondary N) is 2. The van der Waals surface area contributed by atoms with Gasteiger partial charge in [-0.15, -0.1) is 0 Å². The molecule has 1 amide bonds. The number of halogens is 1. The monoisotopic (exact) mass is 335 g/mol. The molecule has 0 radical (unpaired) electrons. The number of ether oxygens (including phenoxy) is 1. The number of hydrazine groups is 1. The van der Waals surface area contributed by atoms with Crippen LogP contribution >= 0.6 is 0 Å². The van der Waals surface area contributed by atoms with E-state index in [0.29, 0.717) is 0 Å². The molecule has 0 saturated carbocycles. The molecule has 0 aliphatic rings. The van der Waals surface area contributed by atoms with Crippen molar-refractivity contribution >= 4 is 11.9 Å². The normalized spacial score (nSPS) is 10.1. The molecule has 2 rings (SSSR count). The van der Waals surface area contributed by atoms with E-state index in [0.717, 1.165) is 16.7 Å². The number of pyridine rings is 1. The zero-order valence-corrected chi connectivity index (χ0v) is 12.8. The van der Waals surface area contributed by atoms with Gasteiger partial charge in [0.15, 0.2) is 0 Å². The van der Waals surface area contributed by atoms with Crippen LogP contribution in [0.5, 0.6) is 5.75 Å². The lowest BCUT2D eigenvalue weighted by molar-refractivity contribution is 0.0125. The zero-order valence-electron chi connectivity index (χ0n) is 12.8. The van der Waals surface area contributed by atoms with E-state index in [2.05, 4.69) is 10.3 Å². The average molecular weight is 335 g/mol. The van der Waals surface area contributed by atoms with Gasteiger partial charge in [0.2, 0.25) is 0 Å². The molecule has 1 aromatic heterocycles. The Morgan fingerprint density at radius 2 is 1.83 bits per heavy atom. The Morgan fingerprint density at radius 1 is 1.17 bits per heavy atom. The molecule has 0 fully saturated rings. The van der Waals surface area contributed by atoms with E-state index in [1.165, 1.54) is 38.4 Å². The van der Waals surface area contributed by atoms with Crippen LogP contribution in [0.15, 0.2) is 41.2 Å². The van der Waals surface area contributed by atoms with Gasteiger partial charge in [-0.3, -0.25) is 15.0 Å². The fraction of sp³-hybridized carbons (Fsp3) is 0.133. The largest absolute Gasteiger partial charge is 0.496 e. The van der Waals surface area contributed by atoms with Crippen LogP contribution in [-0.2, 0) is 11.9 Å². The highest BCUT2D eigenvalue weighted by molar-refractivity contribution is 5.94. The van der Waals surface area contributed by atoms with Crippen molar-refractivity contribution in [2.75, 3.05) is 7.11 Å². The molecule has 1 aromatic carbocycles. The second kappa shape index (κ2) is 7.38. The smallest absolute Gasteiger partial charge is 0.375 e. The third-order valence-corrected chi connectivity index (χ3v) is 3.10. The van der Waals surface area contributed by atoms with Crippen LogP contribution in [0.2, 0.25) is 0 Å². The van der Waals surface area contributed by atoms with E-state index in [1.807, 2.05) is 5.59 Å². The third-order valence-electron chi connectivity index (χ3n) is 3.10. The van der Waals surface area contributed by atoms with Crippen LogP contribution in [0.1, 0.15) is 20.8 Å². The lowest BCUT2D eigenvalue weighted by atomic mass is 10.2. The molecule has 0 aliphatic heterocycles. The molecule has 0 spiro atoms. The third kappa shape index (κ3) is 3.96. The molecule has 0 aliphatic carbocycles. The first kappa shape index (κ1) is 17.2. The average Bonchev–Trinajstić information content (AvgIpc) is 2.57. The second-order valence-corrected chi connectivity index (χ2v) is 4.63. The SMILES string of the molecule is COc1cc(C(=O)ONNC(=O)c2ccc(F)cc2)n(C)c(=O)c1. The van der Waals surface area contributed by atoms with Crippen LogP contribution in [0.25, 0.3) is 0 Å². The van der Waals surface area contributed by atoms with Crippen molar-refractivity contribution in [2.24, 2.45) is 7.05 Å². The highest BCUT2D eigenvalue weighted by Gasteiger charge is 2.15. The minimum Gasteiger partial charge on any atom is -0.496 e. The maximum atomic E-state index is 12.8. The summed E-state index contributed by atoms with van der Waals surface area (Å²) in [6.07, 6.45) is 0. The number of aromatic nitrogens is 1. The Morgan fingerprint density at radius 3 is 2.46 bits per heavy atom. The molecule has 8 nitrogen and oxygen atoms in total. The fourth-order valence-corrected chi connectivity index (χ4v) is 1.77. The van der Waals surface area contributed by atoms with Crippen LogP contribution in [0.4, 0.5) is 4.39 Å². The van der Waals surface area contributed by atoms with E-state index in [4.69, 9.17) is 4.74 Å². The van der Waals surface area contributed by atoms with Gasteiger partial charge in [0.1, 0.15) is 17.3 Å². The minimum atomic E-state index is -0.909. The van der Waals surface area contributed by atoms with Gasteiger partial charge in [-0.1, -0.05) is 5.59 Å². The van der Waals surface area contributed by atoms with E-state index in [-0.39, 0.29) is 17.0 Å². The highest BCUT2D eigenvalue weighted by atomic mass is 19.1. The molecule has 2 aromatic rings. The number of rotatable bonds is 5. The topological polar surface area (TPSA) is 98.7 Å². The van der Waals surface area contributed by atoms with Gasteiger partial charge < -0.3 is 14.1 Å². The molecule has 0 unspecified atom stereocenters. The number of hydrogen-bond acceptors (Lipinski definition) is 6. The minimum absolute atomic E-state index is 0.0807. The number of carbonyl (C=O) groups excluding carboxylic acids is 2. The predicted molar refractivity (Wildman–Crippen MR) is 80.7 cm³/mol. The molecule has 0 atom stereocenters. The van der Waals surface area contributed by atoms with Crippen molar-refractivity contribution in [3.05, 3.63) is 63.8 Å². The molecule has 1 heterocycles. The Bertz CT molecular complexity index is 817. The van der Waals surface area contributed by atoms with Gasteiger partial charge in [-0.2, -0.15) is 0 Å². The molecular weight excluding hydrogens is 321 g/mol. The van der Waals surface area contributed by atoms with Gasteiger partial charge in [0.25, 0.3) is 11.5 Å². The predicted octanol–water partition coefficient (Wildman–Crippen LogP) is 0.539. The summed E-state index contributed by atoms with van der Waals surface area (Å²) in [6, 6.07) is 7.29. The summed E-state index contributed by atoms with van der Waals surface area (Å²) in [7, 11) is 2.74. The lowest BCUT2D eigenvalue weighted by Crippen LogP contribution is -2.39. The summed E-state index contributed by atoms with van der Waals surface area (Å²) in [5.74, 6) is -1.83. The number of benzene rings is 1. The number of amides is 1. The lowest BCUT2D eigenvalue weighted by Gasteiger charge is -2.10. The second-order valence-electron chi connectivity index (χ2n) is 4.63. The number of methoxy groups -OCH3 is 1. The first-order chi connectivity index (χ1) is 11.4. The van der Waals surface area contributed by atoms with Crippen molar-refractivity contribution in [2.45, 2.75) is 0 Å². The molecule has 0 saturated heterocycles. The van der Waals surface area contributed by atoms with Crippen LogP contribution in [-0.4, -0.2) is 23.6 Å². The first-order valence-corrected chi connectivity index (χ1v) is 6.69. The van der Waals surface area contributed by atoms with Crippen molar-refractivity contribution in [1.82, 2.24) is 15.6 Å². The summed E-state index contributed by atoms with van der Waals surface area (Å²) in [6.45, 7) is 0. The fourth-order valence-electron chi connectivity index (χ4n) is 1.77. The van der Waals surface area contributed by atoms with Crippen LogP contribution in [0, 0.1) is 5.82 Å². The first-order valence-electron chi connectivity index (χ1n) is 6.69. The van der Waals surface area contributed by atoms with Crippen molar-refractivity contribution in [3.8, 4) is 5.75 Å². The van der Waals surface area contributed by atoms with Gasteiger partial charge in [0, 0.05) is 24.7 Å². The zero-order chi connectivity index (χ0) is 17.7. The molecular formula is C15H14FN3O5. The molecule has 2 N–H and O–H groups in total. The van der Waals surface area contributed by atoms with Gasteiger partial charge in [-0.05, 0) is 24.3 Å². The van der Waals surface area contributed by atoms with E-state index < -0.39 is 23.3 Å². The van der Waals surface area contributed by atoms with Gasteiger partial charge >= 0.3 is 5.97 Å². The summed E-state index contributed by atoms with van der Waals surface area (Å²) < 4.78 is 18.7. The van der Waals surface area contributed by atoms with Crippen molar-refractivity contribution in [1.29, 1.82) is 0 Å². The standard InChI is InChI=1S/C15H14FN3O5/c1-19-12(7-11(23-2)8-13(19)20)15(22)24-18-17-14(21)9-3-5-10(16)6-4-9/h3-8,18H,1-2H3,(H,17,21). The van der Waals surface area contributed by atoms with E-state index >= 15 is 0 Å². The quantitative estimate of drug-likeness (QED) is 0.774. The molecule has 0 bridgehead atoms. The highest BCUT2D eigenvalue weighted by Crippen LogP contribution is 2.09. The summed E-state index contributed by atoms with van der Waals surface area (Å²) in [4.78, 5) is 40.0. The Kier molecular flexibility index (Phi) is 5.27. The van der Waals surface area contributed by atoms with Gasteiger partial charge in [0.05, 0.1) is 7.11 Å². The van der Waals surface area contributed by atoms with Crippen molar-refractivity contribution < 1.29 is 23.6 Å². The Labute approximate surface area is 135 Å².